The molecule has 0 spiro atoms. The molecule has 0 aliphatic heterocycles. The zero-order valence-corrected chi connectivity index (χ0v) is 20.8. The van der Waals surface area contributed by atoms with Crippen molar-refractivity contribution in [1.29, 1.82) is 0 Å². The molecule has 0 unspecified atom stereocenters. The minimum atomic E-state index is -0.349. The number of anilines is 1. The highest BCUT2D eigenvalue weighted by molar-refractivity contribution is 7.19. The zero-order chi connectivity index (χ0) is 24.5. The molecule has 0 saturated heterocycles. The number of fused-ring (bicyclic) bond motifs is 1. The van der Waals surface area contributed by atoms with Gasteiger partial charge in [0.2, 0.25) is 10.9 Å². The van der Waals surface area contributed by atoms with Gasteiger partial charge in [-0.25, -0.2) is 0 Å². The van der Waals surface area contributed by atoms with Gasteiger partial charge in [-0.15, -0.1) is 10.2 Å². The van der Waals surface area contributed by atoms with Gasteiger partial charge in [-0.1, -0.05) is 34.5 Å². The number of furan rings is 1. The lowest BCUT2D eigenvalue weighted by molar-refractivity contribution is -0.111. The van der Waals surface area contributed by atoms with Crippen LogP contribution in [-0.4, -0.2) is 32.8 Å². The van der Waals surface area contributed by atoms with Gasteiger partial charge in [-0.3, -0.25) is 4.79 Å². The van der Waals surface area contributed by atoms with E-state index in [9.17, 15) is 4.79 Å². The van der Waals surface area contributed by atoms with Crippen molar-refractivity contribution < 1.29 is 13.9 Å². The first-order valence-electron chi connectivity index (χ1n) is 10.3. The molecule has 11 heteroatoms. The van der Waals surface area contributed by atoms with Crippen LogP contribution in [-0.2, 0) is 4.79 Å². The summed E-state index contributed by atoms with van der Waals surface area (Å²) < 4.78 is 12.9. The standard InChI is InChI=1S/C24H17Cl2N5O3S/c1-13-28-29-24-31(13)30-23(35-24)14-3-6-21(33-2)19(11-14)27-22(32)8-5-18-4-7-20(34-18)15-9-16(25)12-17(26)10-15/h3-12H,1-2H3,(H,27,32)/b8-5+. The normalized spacial score (nSPS) is 11.4. The SMILES string of the molecule is COc1ccc(-c2nn3c(C)nnc3s2)cc1NC(=O)/C=C/c1ccc(-c2cc(Cl)cc(Cl)c2)o1. The molecule has 3 heterocycles. The number of nitrogens with one attached hydrogen (secondary N) is 1. The molecule has 5 aromatic rings. The van der Waals surface area contributed by atoms with E-state index in [4.69, 9.17) is 32.4 Å². The summed E-state index contributed by atoms with van der Waals surface area (Å²) in [6.45, 7) is 1.83. The maximum absolute atomic E-state index is 12.6. The van der Waals surface area contributed by atoms with Crippen molar-refractivity contribution in [1.82, 2.24) is 19.8 Å². The average Bonchev–Trinajstić information content (AvgIpc) is 3.55. The van der Waals surface area contributed by atoms with E-state index in [1.807, 2.05) is 13.0 Å². The second-order valence-electron chi connectivity index (χ2n) is 7.45. The Bertz CT molecular complexity index is 1570. The van der Waals surface area contributed by atoms with Gasteiger partial charge in [-0.2, -0.15) is 9.61 Å². The Balaban J connectivity index is 1.34. The molecule has 0 aliphatic carbocycles. The number of halogens is 2. The third-order valence-corrected chi connectivity index (χ3v) is 6.41. The van der Waals surface area contributed by atoms with Gasteiger partial charge in [0.25, 0.3) is 0 Å². The second-order valence-corrected chi connectivity index (χ2v) is 9.28. The highest BCUT2D eigenvalue weighted by atomic mass is 35.5. The van der Waals surface area contributed by atoms with Crippen molar-refractivity contribution in [3.8, 4) is 27.6 Å². The molecule has 0 aliphatic rings. The Kier molecular flexibility index (Phi) is 6.29. The smallest absolute Gasteiger partial charge is 0.248 e. The quantitative estimate of drug-likeness (QED) is 0.258. The van der Waals surface area contributed by atoms with Gasteiger partial charge in [-0.05, 0) is 61.5 Å². The second kappa shape index (κ2) is 9.53. The molecule has 1 N–H and O–H groups in total. The first kappa shape index (κ1) is 23.1. The Hall–Kier alpha value is -3.66. The Morgan fingerprint density at radius 1 is 1.09 bits per heavy atom. The van der Waals surface area contributed by atoms with Crippen molar-refractivity contribution in [3.05, 3.63) is 76.2 Å². The molecule has 0 bridgehead atoms. The van der Waals surface area contributed by atoms with Crippen LogP contribution in [0, 0.1) is 6.92 Å². The van der Waals surface area contributed by atoms with E-state index in [0.717, 1.165) is 16.1 Å². The molecular weight excluding hydrogens is 509 g/mol. The van der Waals surface area contributed by atoms with Gasteiger partial charge in [0, 0.05) is 27.2 Å². The maximum Gasteiger partial charge on any atom is 0.248 e. The molecule has 8 nitrogen and oxygen atoms in total. The van der Waals surface area contributed by atoms with Crippen LogP contribution in [0.3, 0.4) is 0 Å². The maximum atomic E-state index is 12.6. The number of nitrogens with zero attached hydrogens (tertiary/aromatic N) is 4. The van der Waals surface area contributed by atoms with Crippen molar-refractivity contribution in [3.63, 3.8) is 0 Å². The summed E-state index contributed by atoms with van der Waals surface area (Å²) in [5.41, 5.74) is 2.07. The molecule has 2 aromatic carbocycles. The van der Waals surface area contributed by atoms with E-state index < -0.39 is 0 Å². The van der Waals surface area contributed by atoms with Gasteiger partial charge in [0.1, 0.15) is 22.3 Å². The first-order valence-corrected chi connectivity index (χ1v) is 11.9. The molecule has 1 amide bonds. The predicted molar refractivity (Wildman–Crippen MR) is 137 cm³/mol. The monoisotopic (exact) mass is 525 g/mol. The number of ether oxygens (including phenoxy) is 1. The van der Waals surface area contributed by atoms with Crippen molar-refractivity contribution in [2.45, 2.75) is 6.92 Å². The predicted octanol–water partition coefficient (Wildman–Crippen LogP) is 6.39. The van der Waals surface area contributed by atoms with Gasteiger partial charge < -0.3 is 14.5 Å². The Morgan fingerprint density at radius 2 is 1.89 bits per heavy atom. The highest BCUT2D eigenvalue weighted by Gasteiger charge is 2.14. The van der Waals surface area contributed by atoms with Gasteiger partial charge in [0.05, 0.1) is 12.8 Å². The summed E-state index contributed by atoms with van der Waals surface area (Å²) in [5, 5.41) is 17.3. The van der Waals surface area contributed by atoms with E-state index >= 15 is 0 Å². The molecule has 5 rings (SSSR count). The number of aromatic nitrogens is 4. The van der Waals surface area contributed by atoms with E-state index in [1.54, 1.807) is 60.2 Å². The lowest BCUT2D eigenvalue weighted by atomic mass is 10.2. The summed E-state index contributed by atoms with van der Waals surface area (Å²) >= 11 is 13.5. The summed E-state index contributed by atoms with van der Waals surface area (Å²) in [6.07, 6.45) is 2.96. The van der Waals surface area contributed by atoms with E-state index in [-0.39, 0.29) is 5.91 Å². The van der Waals surface area contributed by atoms with Crippen molar-refractivity contribution in [2.75, 3.05) is 12.4 Å². The first-order chi connectivity index (χ1) is 16.9. The number of carbonyl (C=O) groups excluding carboxylic acids is 1. The number of hydrogen-bond acceptors (Lipinski definition) is 7. The van der Waals surface area contributed by atoms with Crippen molar-refractivity contribution >= 4 is 57.2 Å². The van der Waals surface area contributed by atoms with Crippen LogP contribution in [0.15, 0.2) is 59.0 Å². The number of methoxy groups -OCH3 is 1. The number of benzene rings is 2. The Morgan fingerprint density at radius 3 is 2.63 bits per heavy atom. The molecule has 3 aromatic heterocycles. The summed E-state index contributed by atoms with van der Waals surface area (Å²) in [4.78, 5) is 13.3. The molecular formula is C24H17Cl2N5O3S. The minimum Gasteiger partial charge on any atom is -0.495 e. The van der Waals surface area contributed by atoms with Crippen LogP contribution in [0.1, 0.15) is 11.6 Å². The number of amides is 1. The fourth-order valence-corrected chi connectivity index (χ4v) is 4.80. The van der Waals surface area contributed by atoms with Crippen molar-refractivity contribution in [2.24, 2.45) is 0 Å². The molecule has 0 atom stereocenters. The van der Waals surface area contributed by atoms with Crippen LogP contribution in [0.4, 0.5) is 5.69 Å². The van der Waals surface area contributed by atoms with Gasteiger partial charge in [0.15, 0.2) is 5.82 Å². The third-order valence-electron chi connectivity index (χ3n) is 5.02. The molecule has 0 radical (unpaired) electrons. The molecule has 176 valence electrons. The average molecular weight is 526 g/mol. The molecule has 0 fully saturated rings. The van der Waals surface area contributed by atoms with Crippen LogP contribution >= 0.6 is 34.5 Å². The van der Waals surface area contributed by atoms with Crippen LogP contribution < -0.4 is 10.1 Å². The highest BCUT2D eigenvalue weighted by Crippen LogP contribution is 2.33. The fourth-order valence-electron chi connectivity index (χ4n) is 3.40. The summed E-state index contributed by atoms with van der Waals surface area (Å²) in [5.74, 6) is 1.96. The van der Waals surface area contributed by atoms with Crippen LogP contribution in [0.2, 0.25) is 10.0 Å². The topological polar surface area (TPSA) is 94.5 Å². The number of carbonyl (C=O) groups is 1. The fraction of sp³-hybridized carbons (Fsp3) is 0.0833. The summed E-state index contributed by atoms with van der Waals surface area (Å²) in [7, 11) is 1.54. The number of rotatable bonds is 6. The molecule has 0 saturated carbocycles. The third kappa shape index (κ3) is 4.93. The van der Waals surface area contributed by atoms with Gasteiger partial charge >= 0.3 is 0 Å². The number of hydrogen-bond donors (Lipinski definition) is 1. The Labute approximate surface area is 213 Å². The summed E-state index contributed by atoms with van der Waals surface area (Å²) in [6, 6.07) is 14.1. The van der Waals surface area contributed by atoms with E-state index in [2.05, 4.69) is 20.6 Å². The van der Waals surface area contributed by atoms with E-state index in [1.165, 1.54) is 17.4 Å². The van der Waals surface area contributed by atoms with Crippen LogP contribution in [0.25, 0.3) is 32.9 Å². The largest absolute Gasteiger partial charge is 0.495 e. The zero-order valence-electron chi connectivity index (χ0n) is 18.5. The molecule has 35 heavy (non-hydrogen) atoms. The van der Waals surface area contributed by atoms with Crippen LogP contribution in [0.5, 0.6) is 5.75 Å². The number of aryl methyl sites for hydroxylation is 1. The van der Waals surface area contributed by atoms with E-state index in [0.29, 0.717) is 43.8 Å². The minimum absolute atomic E-state index is 0.349. The lowest BCUT2D eigenvalue weighted by Crippen LogP contribution is -2.09. The lowest BCUT2D eigenvalue weighted by Gasteiger charge is -2.10.